The van der Waals surface area contributed by atoms with E-state index in [1.54, 1.807) is 0 Å². The number of rotatable bonds is 3. The summed E-state index contributed by atoms with van der Waals surface area (Å²) in [5, 5.41) is 0. The molecule has 0 unspecified atom stereocenters. The zero-order chi connectivity index (χ0) is 13.4. The van der Waals surface area contributed by atoms with Gasteiger partial charge in [-0.05, 0) is 29.8 Å². The molecule has 1 aromatic carbocycles. The van der Waals surface area contributed by atoms with Crippen LogP contribution in [0, 0.1) is 0 Å². The Morgan fingerprint density at radius 1 is 1.26 bits per heavy atom. The Bertz CT molecular complexity index is 724. The van der Waals surface area contributed by atoms with Crippen molar-refractivity contribution in [2.45, 2.75) is 19.9 Å². The van der Waals surface area contributed by atoms with Gasteiger partial charge in [-0.1, -0.05) is 13.0 Å². The van der Waals surface area contributed by atoms with Gasteiger partial charge >= 0.3 is 0 Å². The maximum atomic E-state index is 5.78. The second-order valence-corrected chi connectivity index (χ2v) is 4.64. The summed E-state index contributed by atoms with van der Waals surface area (Å²) in [6.07, 6.45) is 0.890. The van der Waals surface area contributed by atoms with Gasteiger partial charge in [0.05, 0.1) is 11.0 Å². The summed E-state index contributed by atoms with van der Waals surface area (Å²) in [4.78, 5) is 4.63. The first kappa shape index (κ1) is 12.0. The molecule has 0 saturated heterocycles. The lowest BCUT2D eigenvalue weighted by Crippen LogP contribution is -1.96. The summed E-state index contributed by atoms with van der Waals surface area (Å²) in [6, 6.07) is 10.1. The maximum Gasteiger partial charge on any atom is 0.176 e. The van der Waals surface area contributed by atoms with Gasteiger partial charge in [-0.25, -0.2) is 4.98 Å². The lowest BCUT2D eigenvalue weighted by molar-refractivity contribution is 0.524. The Labute approximate surface area is 111 Å². The first-order chi connectivity index (χ1) is 9.22. The van der Waals surface area contributed by atoms with Crippen molar-refractivity contribution in [3.8, 4) is 11.6 Å². The van der Waals surface area contributed by atoms with Crippen LogP contribution in [0.1, 0.15) is 18.2 Å². The van der Waals surface area contributed by atoms with Crippen LogP contribution in [-0.4, -0.2) is 9.55 Å². The Hall–Kier alpha value is -2.07. The Balaban J connectivity index is 2.16. The summed E-state index contributed by atoms with van der Waals surface area (Å²) in [5.41, 5.74) is 8.83. The van der Waals surface area contributed by atoms with Gasteiger partial charge in [0.25, 0.3) is 0 Å². The molecular formula is C15H17N3O. The number of benzene rings is 1. The monoisotopic (exact) mass is 255 g/mol. The van der Waals surface area contributed by atoms with E-state index in [9.17, 15) is 0 Å². The maximum absolute atomic E-state index is 5.78. The Morgan fingerprint density at radius 3 is 2.79 bits per heavy atom. The summed E-state index contributed by atoms with van der Waals surface area (Å²) in [7, 11) is 2.00. The van der Waals surface area contributed by atoms with E-state index in [0.717, 1.165) is 40.4 Å². The molecule has 0 aliphatic heterocycles. The summed E-state index contributed by atoms with van der Waals surface area (Å²) in [6.45, 7) is 2.61. The van der Waals surface area contributed by atoms with E-state index in [1.807, 2.05) is 35.9 Å². The van der Waals surface area contributed by atoms with Gasteiger partial charge < -0.3 is 14.7 Å². The van der Waals surface area contributed by atoms with Crippen LogP contribution in [0.2, 0.25) is 0 Å². The molecule has 0 amide bonds. The molecule has 0 bridgehead atoms. The standard InChI is InChI=1S/C15H17N3O/c1-3-11-5-7-14(19-11)15-17-12-6-4-10(9-16)8-13(12)18(15)2/h4-8H,3,9,16H2,1-2H3. The molecule has 19 heavy (non-hydrogen) atoms. The number of nitrogens with zero attached hydrogens (tertiary/aromatic N) is 2. The van der Waals surface area contributed by atoms with Crippen LogP contribution >= 0.6 is 0 Å². The molecule has 0 saturated carbocycles. The van der Waals surface area contributed by atoms with Crippen molar-refractivity contribution in [1.82, 2.24) is 9.55 Å². The van der Waals surface area contributed by atoms with E-state index < -0.39 is 0 Å². The molecule has 4 nitrogen and oxygen atoms in total. The topological polar surface area (TPSA) is 57.0 Å². The molecule has 0 aliphatic rings. The highest BCUT2D eigenvalue weighted by Crippen LogP contribution is 2.26. The van der Waals surface area contributed by atoms with Gasteiger partial charge in [0.1, 0.15) is 5.76 Å². The molecule has 2 aromatic heterocycles. The predicted octanol–water partition coefficient (Wildman–Crippen LogP) is 2.85. The number of fused-ring (bicyclic) bond motifs is 1. The molecule has 0 fully saturated rings. The molecule has 4 heteroatoms. The van der Waals surface area contributed by atoms with Crippen molar-refractivity contribution >= 4 is 11.0 Å². The first-order valence-corrected chi connectivity index (χ1v) is 6.47. The van der Waals surface area contributed by atoms with E-state index in [4.69, 9.17) is 10.2 Å². The predicted molar refractivity (Wildman–Crippen MR) is 75.7 cm³/mol. The molecule has 0 aliphatic carbocycles. The van der Waals surface area contributed by atoms with Gasteiger partial charge in [0, 0.05) is 20.0 Å². The molecule has 2 heterocycles. The third-order valence-electron chi connectivity index (χ3n) is 3.41. The fraction of sp³-hybridized carbons (Fsp3) is 0.267. The molecule has 0 atom stereocenters. The van der Waals surface area contributed by atoms with Crippen LogP contribution in [-0.2, 0) is 20.0 Å². The normalized spacial score (nSPS) is 11.3. The van der Waals surface area contributed by atoms with Crippen molar-refractivity contribution in [2.24, 2.45) is 12.8 Å². The molecule has 2 N–H and O–H groups in total. The van der Waals surface area contributed by atoms with Crippen LogP contribution in [0.15, 0.2) is 34.7 Å². The van der Waals surface area contributed by atoms with E-state index in [1.165, 1.54) is 0 Å². The zero-order valence-corrected chi connectivity index (χ0v) is 11.2. The van der Waals surface area contributed by atoms with Gasteiger partial charge in [-0.3, -0.25) is 0 Å². The third kappa shape index (κ3) is 1.94. The number of hydrogen-bond acceptors (Lipinski definition) is 3. The first-order valence-electron chi connectivity index (χ1n) is 6.47. The van der Waals surface area contributed by atoms with Crippen LogP contribution < -0.4 is 5.73 Å². The number of hydrogen-bond donors (Lipinski definition) is 1. The number of nitrogens with two attached hydrogens (primary N) is 1. The average Bonchev–Trinajstić information content (AvgIpc) is 3.03. The molecule has 3 aromatic rings. The number of aryl methyl sites for hydroxylation is 2. The molecule has 0 spiro atoms. The molecule has 0 radical (unpaired) electrons. The summed E-state index contributed by atoms with van der Waals surface area (Å²) < 4.78 is 7.83. The van der Waals surface area contributed by atoms with Crippen LogP contribution in [0.25, 0.3) is 22.6 Å². The minimum absolute atomic E-state index is 0.539. The van der Waals surface area contributed by atoms with Gasteiger partial charge in [-0.15, -0.1) is 0 Å². The van der Waals surface area contributed by atoms with E-state index in [-0.39, 0.29) is 0 Å². The average molecular weight is 255 g/mol. The molecule has 3 rings (SSSR count). The molecule has 98 valence electrons. The van der Waals surface area contributed by atoms with Gasteiger partial charge in [-0.2, -0.15) is 0 Å². The fourth-order valence-electron chi connectivity index (χ4n) is 2.27. The highest BCUT2D eigenvalue weighted by Gasteiger charge is 2.13. The van der Waals surface area contributed by atoms with Crippen molar-refractivity contribution < 1.29 is 4.42 Å². The smallest absolute Gasteiger partial charge is 0.176 e. The van der Waals surface area contributed by atoms with Crippen LogP contribution in [0.4, 0.5) is 0 Å². The van der Waals surface area contributed by atoms with Crippen molar-refractivity contribution in [3.05, 3.63) is 41.7 Å². The Morgan fingerprint density at radius 2 is 2.11 bits per heavy atom. The van der Waals surface area contributed by atoms with E-state index >= 15 is 0 Å². The minimum Gasteiger partial charge on any atom is -0.458 e. The lowest BCUT2D eigenvalue weighted by atomic mass is 10.2. The van der Waals surface area contributed by atoms with Crippen LogP contribution in [0.5, 0.6) is 0 Å². The lowest BCUT2D eigenvalue weighted by Gasteiger charge is -2.00. The fourth-order valence-corrected chi connectivity index (χ4v) is 2.27. The van der Waals surface area contributed by atoms with Crippen molar-refractivity contribution in [3.63, 3.8) is 0 Å². The van der Waals surface area contributed by atoms with Gasteiger partial charge in [0.15, 0.2) is 11.6 Å². The zero-order valence-electron chi connectivity index (χ0n) is 11.2. The quantitative estimate of drug-likeness (QED) is 0.783. The summed E-state index contributed by atoms with van der Waals surface area (Å²) >= 11 is 0. The highest BCUT2D eigenvalue weighted by atomic mass is 16.3. The van der Waals surface area contributed by atoms with E-state index in [0.29, 0.717) is 6.54 Å². The van der Waals surface area contributed by atoms with Crippen LogP contribution in [0.3, 0.4) is 0 Å². The highest BCUT2D eigenvalue weighted by molar-refractivity contribution is 5.80. The second-order valence-electron chi connectivity index (χ2n) is 4.64. The van der Waals surface area contributed by atoms with Crippen molar-refractivity contribution in [2.75, 3.05) is 0 Å². The van der Waals surface area contributed by atoms with Crippen molar-refractivity contribution in [1.29, 1.82) is 0 Å². The number of aromatic nitrogens is 2. The summed E-state index contributed by atoms with van der Waals surface area (Å²) in [5.74, 6) is 2.64. The van der Waals surface area contributed by atoms with Gasteiger partial charge in [0.2, 0.25) is 0 Å². The molecular weight excluding hydrogens is 238 g/mol. The largest absolute Gasteiger partial charge is 0.458 e. The number of imidazole rings is 1. The minimum atomic E-state index is 0.539. The number of furan rings is 1. The third-order valence-corrected chi connectivity index (χ3v) is 3.41. The SMILES string of the molecule is CCc1ccc(-c2nc3ccc(CN)cc3n2C)o1. The van der Waals surface area contributed by atoms with E-state index in [2.05, 4.69) is 18.0 Å². The second kappa shape index (κ2) is 4.55. The Kier molecular flexibility index (Phi) is 2.87.